The lowest BCUT2D eigenvalue weighted by Crippen LogP contribution is -2.04. The summed E-state index contributed by atoms with van der Waals surface area (Å²) in [6.45, 7) is 2.30. The molecule has 1 fully saturated rings. The maximum Gasteiger partial charge on any atom is 0.131 e. The molecule has 26 heavy (non-hydrogen) atoms. The van der Waals surface area contributed by atoms with Crippen molar-refractivity contribution in [1.29, 1.82) is 0 Å². The summed E-state index contributed by atoms with van der Waals surface area (Å²) in [5.74, 6) is 1.77. The number of halogens is 2. The Labute approximate surface area is 163 Å². The molecule has 1 saturated carbocycles. The zero-order chi connectivity index (χ0) is 18.1. The normalized spacial score (nSPS) is 21.2. The van der Waals surface area contributed by atoms with E-state index < -0.39 is 0 Å². The summed E-state index contributed by atoms with van der Waals surface area (Å²) in [5.41, 5.74) is 2.75. The summed E-state index contributed by atoms with van der Waals surface area (Å²) >= 11 is 3.52. The molecule has 3 aromatic rings. The van der Waals surface area contributed by atoms with E-state index in [0.29, 0.717) is 11.8 Å². The average Bonchev–Trinajstić information content (AvgIpc) is 3.11. The number of benzene rings is 3. The van der Waals surface area contributed by atoms with Crippen LogP contribution in [0.3, 0.4) is 0 Å². The molecule has 0 nitrogen and oxygen atoms in total. The highest BCUT2D eigenvalue weighted by Gasteiger charge is 2.27. The monoisotopic (exact) mass is 410 g/mol. The molecule has 0 heterocycles. The van der Waals surface area contributed by atoms with Gasteiger partial charge in [0.25, 0.3) is 0 Å². The van der Waals surface area contributed by atoms with E-state index in [1.54, 1.807) is 6.07 Å². The number of fused-ring (bicyclic) bond motifs is 1. The lowest BCUT2D eigenvalue weighted by Gasteiger charge is -2.19. The molecule has 0 bridgehead atoms. The van der Waals surface area contributed by atoms with E-state index in [9.17, 15) is 4.39 Å². The van der Waals surface area contributed by atoms with E-state index in [1.807, 2.05) is 24.3 Å². The van der Waals surface area contributed by atoms with Crippen LogP contribution in [-0.2, 0) is 0 Å². The number of hydrogen-bond acceptors (Lipinski definition) is 0. The topological polar surface area (TPSA) is 0 Å². The van der Waals surface area contributed by atoms with E-state index in [4.69, 9.17) is 0 Å². The molecule has 1 aliphatic rings. The molecule has 3 aromatic carbocycles. The van der Waals surface area contributed by atoms with Crippen LogP contribution in [0.5, 0.6) is 0 Å². The Morgan fingerprint density at radius 2 is 1.69 bits per heavy atom. The van der Waals surface area contributed by atoms with Gasteiger partial charge in [-0.3, -0.25) is 0 Å². The van der Waals surface area contributed by atoms with Crippen molar-refractivity contribution in [3.05, 3.63) is 82.1 Å². The van der Waals surface area contributed by atoms with Crippen molar-refractivity contribution in [2.24, 2.45) is 5.92 Å². The van der Waals surface area contributed by atoms with Gasteiger partial charge in [0, 0.05) is 9.86 Å². The van der Waals surface area contributed by atoms with Crippen LogP contribution < -0.4 is 0 Å². The smallest absolute Gasteiger partial charge is 0.131 e. The molecule has 3 atom stereocenters. The number of rotatable bonds is 4. The highest BCUT2D eigenvalue weighted by molar-refractivity contribution is 9.10. The third-order valence-electron chi connectivity index (χ3n) is 6.01. The minimum atomic E-state index is -0.118. The van der Waals surface area contributed by atoms with Gasteiger partial charge in [-0.05, 0) is 78.1 Å². The Hall–Kier alpha value is -1.67. The van der Waals surface area contributed by atoms with Crippen molar-refractivity contribution in [1.82, 2.24) is 0 Å². The van der Waals surface area contributed by atoms with Gasteiger partial charge in [0.1, 0.15) is 5.82 Å². The Morgan fingerprint density at radius 1 is 0.962 bits per heavy atom. The lowest BCUT2D eigenvalue weighted by atomic mass is 9.86. The average molecular weight is 411 g/mol. The van der Waals surface area contributed by atoms with Gasteiger partial charge in [0.15, 0.2) is 0 Å². The molecule has 0 radical (unpaired) electrons. The lowest BCUT2D eigenvalue weighted by molar-refractivity contribution is 0.455. The van der Waals surface area contributed by atoms with Gasteiger partial charge in [-0.25, -0.2) is 4.39 Å². The predicted molar refractivity (Wildman–Crippen MR) is 111 cm³/mol. The second kappa shape index (κ2) is 7.52. The molecule has 4 rings (SSSR count). The maximum atomic E-state index is 14.1. The molecule has 0 unspecified atom stereocenters. The second-order valence-electron chi connectivity index (χ2n) is 7.75. The first kappa shape index (κ1) is 17.7. The van der Waals surface area contributed by atoms with Crippen molar-refractivity contribution >= 4 is 26.7 Å². The van der Waals surface area contributed by atoms with Gasteiger partial charge in [0.2, 0.25) is 0 Å². The van der Waals surface area contributed by atoms with Crippen LogP contribution in [0.15, 0.2) is 65.1 Å². The van der Waals surface area contributed by atoms with E-state index in [0.717, 1.165) is 21.2 Å². The summed E-state index contributed by atoms with van der Waals surface area (Å²) < 4.78 is 15.2. The van der Waals surface area contributed by atoms with Crippen LogP contribution in [0.2, 0.25) is 0 Å². The van der Waals surface area contributed by atoms with E-state index in [2.05, 4.69) is 53.2 Å². The Kier molecular flexibility index (Phi) is 5.13. The number of hydrogen-bond donors (Lipinski definition) is 0. The van der Waals surface area contributed by atoms with Gasteiger partial charge in [0.05, 0.1) is 0 Å². The van der Waals surface area contributed by atoms with Crippen molar-refractivity contribution in [3.63, 3.8) is 0 Å². The largest absolute Gasteiger partial charge is 0.206 e. The summed E-state index contributed by atoms with van der Waals surface area (Å²) in [4.78, 5) is 0. The van der Waals surface area contributed by atoms with E-state index in [1.165, 1.54) is 36.8 Å². The molecule has 0 N–H and O–H groups in total. The van der Waals surface area contributed by atoms with Crippen molar-refractivity contribution in [2.45, 2.75) is 44.4 Å². The minimum Gasteiger partial charge on any atom is -0.206 e. The quantitative estimate of drug-likeness (QED) is 0.411. The van der Waals surface area contributed by atoms with Crippen molar-refractivity contribution in [2.75, 3.05) is 0 Å². The first-order valence-corrected chi connectivity index (χ1v) is 10.3. The molecule has 0 amide bonds. The van der Waals surface area contributed by atoms with Crippen molar-refractivity contribution in [3.8, 4) is 0 Å². The summed E-state index contributed by atoms with van der Waals surface area (Å²) in [6.07, 6.45) is 5.03. The first-order valence-electron chi connectivity index (χ1n) is 9.54. The molecule has 0 aliphatic heterocycles. The Morgan fingerprint density at radius 3 is 2.46 bits per heavy atom. The summed E-state index contributed by atoms with van der Waals surface area (Å²) in [6, 6.07) is 20.3. The van der Waals surface area contributed by atoms with Crippen LogP contribution in [0, 0.1) is 11.7 Å². The van der Waals surface area contributed by atoms with Gasteiger partial charge < -0.3 is 0 Å². The summed E-state index contributed by atoms with van der Waals surface area (Å²) in [5, 5.41) is 1.82. The van der Waals surface area contributed by atoms with Crippen LogP contribution in [0.25, 0.3) is 10.8 Å². The molecular formula is C24H24BrF. The van der Waals surface area contributed by atoms with Gasteiger partial charge in [-0.2, -0.15) is 0 Å². The standard InChI is InChI=1S/C24H24BrF/c1-16(21-12-13-24(26)23-5-3-2-4-22(21)23)14-17-6-7-19(15-17)18-8-10-20(25)11-9-18/h2-5,8-13,16-17,19H,6-7,14-15H2,1H3/t16-,17+,19+/m0/s1. The summed E-state index contributed by atoms with van der Waals surface area (Å²) in [7, 11) is 0. The van der Waals surface area contributed by atoms with Crippen LogP contribution in [-0.4, -0.2) is 0 Å². The fourth-order valence-corrected chi connectivity index (χ4v) is 4.93. The van der Waals surface area contributed by atoms with Gasteiger partial charge >= 0.3 is 0 Å². The Balaban J connectivity index is 1.48. The van der Waals surface area contributed by atoms with E-state index in [-0.39, 0.29) is 5.82 Å². The molecule has 0 aromatic heterocycles. The fraction of sp³-hybridized carbons (Fsp3) is 0.333. The van der Waals surface area contributed by atoms with Crippen LogP contribution >= 0.6 is 15.9 Å². The molecule has 1 aliphatic carbocycles. The molecular weight excluding hydrogens is 387 g/mol. The first-order chi connectivity index (χ1) is 12.6. The molecule has 2 heteroatoms. The fourth-order valence-electron chi connectivity index (χ4n) is 4.67. The highest BCUT2D eigenvalue weighted by Crippen LogP contribution is 2.43. The third-order valence-corrected chi connectivity index (χ3v) is 6.53. The third kappa shape index (κ3) is 3.57. The maximum absolute atomic E-state index is 14.1. The van der Waals surface area contributed by atoms with E-state index >= 15 is 0 Å². The zero-order valence-electron chi connectivity index (χ0n) is 15.1. The van der Waals surface area contributed by atoms with Crippen LogP contribution in [0.4, 0.5) is 4.39 Å². The molecule has 134 valence electrons. The zero-order valence-corrected chi connectivity index (χ0v) is 16.7. The van der Waals surface area contributed by atoms with Crippen LogP contribution in [0.1, 0.15) is 55.6 Å². The predicted octanol–water partition coefficient (Wildman–Crippen LogP) is 7.82. The molecule has 0 saturated heterocycles. The van der Waals surface area contributed by atoms with Gasteiger partial charge in [-0.1, -0.05) is 65.3 Å². The minimum absolute atomic E-state index is 0.118. The highest BCUT2D eigenvalue weighted by atomic mass is 79.9. The second-order valence-corrected chi connectivity index (χ2v) is 8.66. The van der Waals surface area contributed by atoms with Gasteiger partial charge in [-0.15, -0.1) is 0 Å². The Bertz CT molecular complexity index is 900. The molecule has 0 spiro atoms. The SMILES string of the molecule is C[C@@H](C[C@H]1CC[C@@H](c2ccc(Br)cc2)C1)c1ccc(F)c2ccccc12. The van der Waals surface area contributed by atoms with Crippen molar-refractivity contribution < 1.29 is 4.39 Å².